The largest absolute Gasteiger partial charge is 0.322 e. The molecule has 2 heterocycles. The molecule has 0 bridgehead atoms. The van der Waals surface area contributed by atoms with Gasteiger partial charge in [-0.2, -0.15) is 10.5 Å². The molecule has 2 amide bonds. The Bertz CT molecular complexity index is 1350. The number of nitrogens with one attached hydrogen (secondary N) is 2. The van der Waals surface area contributed by atoms with Crippen LogP contribution >= 0.6 is 23.2 Å². The topological polar surface area (TPSA) is 132 Å². The monoisotopic (exact) mass is 514 g/mol. The SMILES string of the molecule is N#Cc1ccc(NC(=O)c2cccnc2Cl)cc1.N#Cc1ccc(NC(=O)c2cccnc2Cl)cc1. The summed E-state index contributed by atoms with van der Waals surface area (Å²) < 4.78 is 0. The lowest BCUT2D eigenvalue weighted by Crippen LogP contribution is -2.12. The number of nitriles is 2. The van der Waals surface area contributed by atoms with E-state index in [1.54, 1.807) is 72.8 Å². The van der Waals surface area contributed by atoms with E-state index in [0.29, 0.717) is 33.6 Å². The van der Waals surface area contributed by atoms with Gasteiger partial charge < -0.3 is 10.6 Å². The van der Waals surface area contributed by atoms with Crippen molar-refractivity contribution in [2.45, 2.75) is 0 Å². The molecule has 0 aliphatic carbocycles. The van der Waals surface area contributed by atoms with Crippen molar-refractivity contribution in [3.05, 3.63) is 118 Å². The van der Waals surface area contributed by atoms with Crippen LogP contribution in [-0.4, -0.2) is 21.8 Å². The van der Waals surface area contributed by atoms with E-state index in [4.69, 9.17) is 33.7 Å². The molecule has 2 N–H and O–H groups in total. The number of hydrogen-bond donors (Lipinski definition) is 2. The maximum absolute atomic E-state index is 11.9. The molecule has 0 fully saturated rings. The third-order valence-corrected chi connectivity index (χ3v) is 5.15. The molecule has 10 heteroatoms. The van der Waals surface area contributed by atoms with Crippen molar-refractivity contribution >= 4 is 46.4 Å². The number of pyridine rings is 2. The van der Waals surface area contributed by atoms with E-state index in [0.717, 1.165) is 0 Å². The van der Waals surface area contributed by atoms with Crippen molar-refractivity contribution in [1.29, 1.82) is 10.5 Å². The van der Waals surface area contributed by atoms with Crippen molar-refractivity contribution in [2.75, 3.05) is 10.6 Å². The molecular weight excluding hydrogens is 499 g/mol. The summed E-state index contributed by atoms with van der Waals surface area (Å²) in [5.41, 5.74) is 2.88. The molecule has 0 aliphatic heterocycles. The molecule has 4 aromatic rings. The summed E-state index contributed by atoms with van der Waals surface area (Å²) in [6, 6.07) is 23.6. The summed E-state index contributed by atoms with van der Waals surface area (Å²) in [5, 5.41) is 23.0. The van der Waals surface area contributed by atoms with Gasteiger partial charge in [0.2, 0.25) is 0 Å². The second-order valence-corrected chi connectivity index (χ2v) is 7.69. The maximum atomic E-state index is 11.9. The van der Waals surface area contributed by atoms with Gasteiger partial charge >= 0.3 is 0 Å². The first-order valence-electron chi connectivity index (χ1n) is 10.3. The van der Waals surface area contributed by atoms with Crippen LogP contribution in [0.5, 0.6) is 0 Å². The maximum Gasteiger partial charge on any atom is 0.258 e. The van der Waals surface area contributed by atoms with Gasteiger partial charge in [-0.3, -0.25) is 9.59 Å². The van der Waals surface area contributed by atoms with Gasteiger partial charge in [-0.15, -0.1) is 0 Å². The minimum atomic E-state index is -0.335. The summed E-state index contributed by atoms with van der Waals surface area (Å²) in [6.45, 7) is 0. The van der Waals surface area contributed by atoms with Gasteiger partial charge in [-0.05, 0) is 72.8 Å². The molecular formula is C26H16Cl2N6O2. The van der Waals surface area contributed by atoms with Gasteiger partial charge in [0.1, 0.15) is 10.3 Å². The van der Waals surface area contributed by atoms with Crippen LogP contribution in [0.1, 0.15) is 31.8 Å². The average Bonchev–Trinajstić information content (AvgIpc) is 2.90. The Balaban J connectivity index is 0.000000201. The lowest BCUT2D eigenvalue weighted by atomic mass is 10.2. The number of amides is 2. The van der Waals surface area contributed by atoms with Crippen molar-refractivity contribution < 1.29 is 9.59 Å². The van der Waals surface area contributed by atoms with Gasteiger partial charge in [0.25, 0.3) is 11.8 Å². The quantitative estimate of drug-likeness (QED) is 0.334. The van der Waals surface area contributed by atoms with Gasteiger partial charge in [0, 0.05) is 23.8 Å². The summed E-state index contributed by atoms with van der Waals surface area (Å²) in [7, 11) is 0. The lowest BCUT2D eigenvalue weighted by Gasteiger charge is -2.05. The van der Waals surface area contributed by atoms with Crippen LogP contribution in [0.25, 0.3) is 0 Å². The van der Waals surface area contributed by atoms with Gasteiger partial charge in [-0.25, -0.2) is 9.97 Å². The van der Waals surface area contributed by atoms with Crippen molar-refractivity contribution in [3.8, 4) is 12.1 Å². The predicted molar refractivity (Wildman–Crippen MR) is 137 cm³/mol. The second-order valence-electron chi connectivity index (χ2n) is 6.97. The number of anilines is 2. The third kappa shape index (κ3) is 7.12. The highest BCUT2D eigenvalue weighted by Gasteiger charge is 2.11. The first-order chi connectivity index (χ1) is 17.4. The first-order valence-corrected chi connectivity index (χ1v) is 11.0. The Labute approximate surface area is 216 Å². The van der Waals surface area contributed by atoms with Crippen LogP contribution in [0.3, 0.4) is 0 Å². The summed E-state index contributed by atoms with van der Waals surface area (Å²) in [5.74, 6) is -0.671. The van der Waals surface area contributed by atoms with Gasteiger partial charge in [-0.1, -0.05) is 23.2 Å². The molecule has 0 saturated carbocycles. The molecule has 2 aromatic carbocycles. The van der Waals surface area contributed by atoms with E-state index in [9.17, 15) is 9.59 Å². The zero-order chi connectivity index (χ0) is 25.9. The number of nitrogens with zero attached hydrogens (tertiary/aromatic N) is 4. The summed E-state index contributed by atoms with van der Waals surface area (Å²) >= 11 is 11.6. The highest BCUT2D eigenvalue weighted by molar-refractivity contribution is 6.33. The first kappa shape index (κ1) is 25.9. The van der Waals surface area contributed by atoms with Crippen molar-refractivity contribution in [3.63, 3.8) is 0 Å². The molecule has 0 atom stereocenters. The smallest absolute Gasteiger partial charge is 0.258 e. The number of carbonyl (C=O) groups is 2. The minimum Gasteiger partial charge on any atom is -0.322 e. The highest BCUT2D eigenvalue weighted by atomic mass is 35.5. The van der Waals surface area contributed by atoms with E-state index < -0.39 is 0 Å². The average molecular weight is 515 g/mol. The van der Waals surface area contributed by atoms with Crippen LogP contribution in [0, 0.1) is 22.7 Å². The zero-order valence-electron chi connectivity index (χ0n) is 18.4. The van der Waals surface area contributed by atoms with Crippen LogP contribution in [-0.2, 0) is 0 Å². The van der Waals surface area contributed by atoms with E-state index in [-0.39, 0.29) is 22.1 Å². The normalized spacial score (nSPS) is 9.56. The molecule has 4 rings (SSSR count). The number of benzene rings is 2. The molecule has 0 saturated heterocycles. The van der Waals surface area contributed by atoms with E-state index in [1.165, 1.54) is 12.4 Å². The van der Waals surface area contributed by atoms with E-state index in [2.05, 4.69) is 20.6 Å². The van der Waals surface area contributed by atoms with Crippen molar-refractivity contribution in [2.24, 2.45) is 0 Å². The number of hydrogen-bond acceptors (Lipinski definition) is 6. The van der Waals surface area contributed by atoms with Crippen LogP contribution in [0.2, 0.25) is 10.3 Å². The molecule has 0 unspecified atom stereocenters. The van der Waals surface area contributed by atoms with E-state index in [1.807, 2.05) is 12.1 Å². The number of rotatable bonds is 4. The number of carbonyl (C=O) groups excluding carboxylic acids is 2. The van der Waals surface area contributed by atoms with Crippen LogP contribution in [0.15, 0.2) is 85.2 Å². The Kier molecular flexibility index (Phi) is 9.07. The molecule has 2 aromatic heterocycles. The molecule has 36 heavy (non-hydrogen) atoms. The predicted octanol–water partition coefficient (Wildman–Crippen LogP) is 5.72. The lowest BCUT2D eigenvalue weighted by molar-refractivity contribution is 0.101. The Morgan fingerprint density at radius 1 is 0.639 bits per heavy atom. The fraction of sp³-hybridized carbons (Fsp3) is 0. The summed E-state index contributed by atoms with van der Waals surface area (Å²) in [6.07, 6.45) is 3.03. The number of halogens is 2. The highest BCUT2D eigenvalue weighted by Crippen LogP contribution is 2.16. The molecule has 0 spiro atoms. The molecule has 8 nitrogen and oxygen atoms in total. The molecule has 0 aliphatic rings. The zero-order valence-corrected chi connectivity index (χ0v) is 20.0. The van der Waals surface area contributed by atoms with Crippen molar-refractivity contribution in [1.82, 2.24) is 9.97 Å². The Morgan fingerprint density at radius 3 is 1.31 bits per heavy atom. The minimum absolute atomic E-state index is 0.156. The van der Waals surface area contributed by atoms with Crippen LogP contribution < -0.4 is 10.6 Å². The molecule has 176 valence electrons. The fourth-order valence-corrected chi connectivity index (χ4v) is 3.17. The Morgan fingerprint density at radius 2 is 1.00 bits per heavy atom. The second kappa shape index (κ2) is 12.6. The fourth-order valence-electron chi connectivity index (χ4n) is 2.76. The van der Waals surface area contributed by atoms with E-state index >= 15 is 0 Å². The van der Waals surface area contributed by atoms with Crippen LogP contribution in [0.4, 0.5) is 11.4 Å². The molecule has 0 radical (unpaired) electrons. The Hall–Kier alpha value is -4.76. The van der Waals surface area contributed by atoms with Gasteiger partial charge in [0.05, 0.1) is 34.4 Å². The number of aromatic nitrogens is 2. The third-order valence-electron chi connectivity index (χ3n) is 4.55. The standard InChI is InChI=1S/2C13H8ClN3O/c2*14-12-11(2-1-7-16-12)13(18)17-10-5-3-9(8-15)4-6-10/h2*1-7H,(H,17,18). The van der Waals surface area contributed by atoms with Gasteiger partial charge in [0.15, 0.2) is 0 Å². The summed E-state index contributed by atoms with van der Waals surface area (Å²) in [4.78, 5) is 31.4.